The smallest absolute Gasteiger partial charge is 0.118 e. The standard InChI is InChI=1S/C15H24O.4ClH/c1-2-3-4-5-6-7-8-11-14-12-9-10-13-15(14)16;;;;/h9-10,12-13,16H,2-8,11H2,1H3;4*1H. The van der Waals surface area contributed by atoms with Gasteiger partial charge in [-0.25, -0.2) is 0 Å². The Balaban J connectivity index is -0.000000320. The van der Waals surface area contributed by atoms with Crippen molar-refractivity contribution in [2.75, 3.05) is 0 Å². The van der Waals surface area contributed by atoms with Crippen molar-refractivity contribution < 1.29 is 5.11 Å². The lowest BCUT2D eigenvalue weighted by molar-refractivity contribution is 0.466. The fourth-order valence-electron chi connectivity index (χ4n) is 1.99. The third-order valence-corrected chi connectivity index (χ3v) is 3.04. The van der Waals surface area contributed by atoms with E-state index >= 15 is 0 Å². The third-order valence-electron chi connectivity index (χ3n) is 3.04. The van der Waals surface area contributed by atoms with Gasteiger partial charge < -0.3 is 5.11 Å². The van der Waals surface area contributed by atoms with Gasteiger partial charge in [0.2, 0.25) is 0 Å². The minimum Gasteiger partial charge on any atom is -0.508 e. The molecule has 0 fully saturated rings. The number of phenolic OH excluding ortho intramolecular Hbond substituents is 1. The molecule has 0 heterocycles. The highest BCUT2D eigenvalue weighted by atomic mass is 35.5. The molecule has 0 aliphatic carbocycles. The van der Waals surface area contributed by atoms with Gasteiger partial charge in [0.25, 0.3) is 0 Å². The van der Waals surface area contributed by atoms with Crippen LogP contribution < -0.4 is 0 Å². The first-order valence-corrected chi connectivity index (χ1v) is 6.61. The SMILES string of the molecule is CCCCCCCCCc1ccccc1O.Cl.Cl.Cl.Cl. The molecule has 0 atom stereocenters. The molecule has 0 aromatic heterocycles. The van der Waals surface area contributed by atoms with Gasteiger partial charge >= 0.3 is 0 Å². The van der Waals surface area contributed by atoms with E-state index in [1.165, 1.54) is 44.9 Å². The molecule has 0 aliphatic rings. The Bertz CT molecular complexity index is 295. The van der Waals surface area contributed by atoms with E-state index in [2.05, 4.69) is 6.92 Å². The van der Waals surface area contributed by atoms with E-state index in [0.29, 0.717) is 5.75 Å². The highest BCUT2D eigenvalue weighted by molar-refractivity contribution is 5.86. The van der Waals surface area contributed by atoms with E-state index in [0.717, 1.165) is 12.0 Å². The van der Waals surface area contributed by atoms with Gasteiger partial charge in [-0.2, -0.15) is 0 Å². The van der Waals surface area contributed by atoms with Crippen LogP contribution in [0.4, 0.5) is 0 Å². The molecule has 20 heavy (non-hydrogen) atoms. The minimum absolute atomic E-state index is 0. The van der Waals surface area contributed by atoms with Crippen molar-refractivity contribution in [3.8, 4) is 5.75 Å². The van der Waals surface area contributed by atoms with E-state index in [9.17, 15) is 5.11 Å². The first-order chi connectivity index (χ1) is 7.84. The minimum atomic E-state index is 0. The van der Waals surface area contributed by atoms with Crippen LogP contribution in [0.1, 0.15) is 57.4 Å². The quantitative estimate of drug-likeness (QED) is 0.530. The Labute approximate surface area is 148 Å². The summed E-state index contributed by atoms with van der Waals surface area (Å²) < 4.78 is 0. The van der Waals surface area contributed by atoms with Crippen LogP contribution in [0.5, 0.6) is 5.75 Å². The number of unbranched alkanes of at least 4 members (excludes halogenated alkanes) is 6. The van der Waals surface area contributed by atoms with Crippen LogP contribution in [0.15, 0.2) is 24.3 Å². The topological polar surface area (TPSA) is 20.2 Å². The van der Waals surface area contributed by atoms with Gasteiger partial charge in [-0.15, -0.1) is 49.6 Å². The number of benzene rings is 1. The third kappa shape index (κ3) is 13.2. The lowest BCUT2D eigenvalue weighted by Crippen LogP contribution is -1.87. The normalized spacial score (nSPS) is 8.45. The van der Waals surface area contributed by atoms with Gasteiger partial charge in [-0.3, -0.25) is 0 Å². The number of para-hydroxylation sites is 1. The molecule has 0 radical (unpaired) electrons. The summed E-state index contributed by atoms with van der Waals surface area (Å²) in [5.41, 5.74) is 1.09. The van der Waals surface area contributed by atoms with Crippen molar-refractivity contribution in [2.24, 2.45) is 0 Å². The van der Waals surface area contributed by atoms with Crippen molar-refractivity contribution in [3.05, 3.63) is 29.8 Å². The van der Waals surface area contributed by atoms with Gasteiger partial charge in [0.1, 0.15) is 5.75 Å². The summed E-state index contributed by atoms with van der Waals surface area (Å²) in [5, 5.41) is 9.58. The summed E-state index contributed by atoms with van der Waals surface area (Å²) >= 11 is 0. The zero-order valence-corrected chi connectivity index (χ0v) is 15.3. The number of hydrogen-bond acceptors (Lipinski definition) is 1. The molecule has 1 N–H and O–H groups in total. The zero-order chi connectivity index (χ0) is 11.6. The summed E-state index contributed by atoms with van der Waals surface area (Å²) in [5.74, 6) is 0.452. The molecule has 122 valence electrons. The fraction of sp³-hybridized carbons (Fsp3) is 0.600. The molecule has 1 aromatic carbocycles. The average molecular weight is 366 g/mol. The number of phenols is 1. The van der Waals surface area contributed by atoms with Crippen molar-refractivity contribution >= 4 is 49.6 Å². The van der Waals surface area contributed by atoms with Crippen LogP contribution in [0.2, 0.25) is 0 Å². The lowest BCUT2D eigenvalue weighted by Gasteiger charge is -2.04. The lowest BCUT2D eigenvalue weighted by atomic mass is 10.0. The molecule has 0 saturated heterocycles. The van der Waals surface area contributed by atoms with Crippen molar-refractivity contribution in [3.63, 3.8) is 0 Å². The van der Waals surface area contributed by atoms with Crippen LogP contribution in [-0.2, 0) is 6.42 Å². The Morgan fingerprint density at radius 3 is 1.80 bits per heavy atom. The van der Waals surface area contributed by atoms with Crippen LogP contribution >= 0.6 is 49.6 Å². The summed E-state index contributed by atoms with van der Waals surface area (Å²) in [7, 11) is 0. The molecule has 0 saturated carbocycles. The molecule has 0 bridgehead atoms. The van der Waals surface area contributed by atoms with E-state index in [-0.39, 0.29) is 49.6 Å². The Morgan fingerprint density at radius 1 is 0.750 bits per heavy atom. The summed E-state index contributed by atoms with van der Waals surface area (Å²) in [6.07, 6.45) is 10.3. The highest BCUT2D eigenvalue weighted by Gasteiger charge is 1.98. The Morgan fingerprint density at radius 2 is 1.25 bits per heavy atom. The fourth-order valence-corrected chi connectivity index (χ4v) is 1.99. The van der Waals surface area contributed by atoms with Crippen LogP contribution in [-0.4, -0.2) is 5.11 Å². The van der Waals surface area contributed by atoms with Gasteiger partial charge in [-0.05, 0) is 24.5 Å². The molecule has 0 aliphatic heterocycles. The van der Waals surface area contributed by atoms with Crippen molar-refractivity contribution in [2.45, 2.75) is 58.3 Å². The number of rotatable bonds is 8. The number of aromatic hydroxyl groups is 1. The van der Waals surface area contributed by atoms with Crippen LogP contribution in [0.3, 0.4) is 0 Å². The average Bonchev–Trinajstić information content (AvgIpc) is 2.30. The summed E-state index contributed by atoms with van der Waals surface area (Å²) in [6.45, 7) is 2.25. The van der Waals surface area contributed by atoms with Gasteiger partial charge in [-0.1, -0.05) is 63.6 Å². The first-order valence-electron chi connectivity index (χ1n) is 6.61. The largest absolute Gasteiger partial charge is 0.508 e. The summed E-state index contributed by atoms with van der Waals surface area (Å²) in [6, 6.07) is 7.67. The predicted molar refractivity (Wildman–Crippen MR) is 98.8 cm³/mol. The number of hydrogen-bond donors (Lipinski definition) is 1. The molecular formula is C15H28Cl4O. The van der Waals surface area contributed by atoms with Crippen molar-refractivity contribution in [1.29, 1.82) is 0 Å². The second-order valence-electron chi connectivity index (χ2n) is 4.50. The van der Waals surface area contributed by atoms with Gasteiger partial charge in [0.05, 0.1) is 0 Å². The second kappa shape index (κ2) is 19.2. The molecule has 1 rings (SSSR count). The molecule has 5 heteroatoms. The zero-order valence-electron chi connectivity index (χ0n) is 12.0. The van der Waals surface area contributed by atoms with E-state index < -0.39 is 0 Å². The van der Waals surface area contributed by atoms with E-state index in [4.69, 9.17) is 0 Å². The Kier molecular flexibility index (Phi) is 27.2. The summed E-state index contributed by atoms with van der Waals surface area (Å²) in [4.78, 5) is 0. The number of aryl methyl sites for hydroxylation is 1. The maximum Gasteiger partial charge on any atom is 0.118 e. The van der Waals surface area contributed by atoms with Crippen LogP contribution in [0, 0.1) is 0 Å². The number of halogens is 4. The maximum atomic E-state index is 9.58. The molecule has 0 unspecified atom stereocenters. The molecule has 1 nitrogen and oxygen atoms in total. The van der Waals surface area contributed by atoms with Crippen molar-refractivity contribution in [1.82, 2.24) is 0 Å². The maximum absolute atomic E-state index is 9.58. The second-order valence-corrected chi connectivity index (χ2v) is 4.50. The van der Waals surface area contributed by atoms with Crippen LogP contribution in [0.25, 0.3) is 0 Å². The Hall–Kier alpha value is 0.180. The van der Waals surface area contributed by atoms with E-state index in [1.54, 1.807) is 6.07 Å². The molecular weight excluding hydrogens is 338 g/mol. The monoisotopic (exact) mass is 364 g/mol. The molecule has 1 aromatic rings. The first kappa shape index (κ1) is 28.4. The van der Waals surface area contributed by atoms with Gasteiger partial charge in [0.15, 0.2) is 0 Å². The predicted octanol–water partition coefficient (Wildman–Crippen LogP) is 6.37. The van der Waals surface area contributed by atoms with Gasteiger partial charge in [0, 0.05) is 0 Å². The molecule has 0 amide bonds. The molecule has 0 spiro atoms. The highest BCUT2D eigenvalue weighted by Crippen LogP contribution is 2.18. The van der Waals surface area contributed by atoms with E-state index in [1.807, 2.05) is 18.2 Å².